The number of carboxylic acid groups (broad SMARTS) is 1. The molecular formula is C32H28Cl2N2O4S. The lowest BCUT2D eigenvalue weighted by Gasteiger charge is -2.29. The monoisotopic (exact) mass is 606 g/mol. The van der Waals surface area contributed by atoms with E-state index in [0.717, 1.165) is 45.2 Å². The van der Waals surface area contributed by atoms with Crippen molar-refractivity contribution in [1.29, 1.82) is 0 Å². The fraction of sp³-hybridized carbons (Fsp3) is 0.219. The number of rotatable bonds is 11. The van der Waals surface area contributed by atoms with Crippen molar-refractivity contribution >= 4 is 56.5 Å². The van der Waals surface area contributed by atoms with Crippen LogP contribution < -0.4 is 5.32 Å². The topological polar surface area (TPSA) is 92.4 Å². The van der Waals surface area contributed by atoms with Gasteiger partial charge in [0.2, 0.25) is 0 Å². The largest absolute Gasteiger partial charge is 0.481 e. The van der Waals surface area contributed by atoms with Crippen molar-refractivity contribution in [2.45, 2.75) is 38.0 Å². The highest BCUT2D eigenvalue weighted by Crippen LogP contribution is 2.48. The van der Waals surface area contributed by atoms with Crippen LogP contribution in [-0.4, -0.2) is 28.7 Å². The highest BCUT2D eigenvalue weighted by molar-refractivity contribution is 7.18. The lowest BCUT2D eigenvalue weighted by Crippen LogP contribution is -2.26. The molecule has 5 rings (SSSR count). The van der Waals surface area contributed by atoms with E-state index in [1.807, 2.05) is 36.4 Å². The molecule has 0 aliphatic rings. The number of halogens is 2. The maximum atomic E-state index is 12.6. The Bertz CT molecular complexity index is 1650. The highest BCUT2D eigenvalue weighted by Gasteiger charge is 2.29. The van der Waals surface area contributed by atoms with Crippen LogP contribution in [0.2, 0.25) is 10.0 Å². The summed E-state index contributed by atoms with van der Waals surface area (Å²) in [6, 6.07) is 19.6. The number of nitrogens with one attached hydrogen (secondary N) is 1. The Hall–Kier alpha value is -3.65. The molecule has 0 fully saturated rings. The average molecular weight is 608 g/mol. The first kappa shape index (κ1) is 28.9. The molecule has 0 saturated heterocycles. The van der Waals surface area contributed by atoms with Gasteiger partial charge >= 0.3 is 5.97 Å². The second-order valence-corrected chi connectivity index (χ2v) is 11.6. The van der Waals surface area contributed by atoms with Gasteiger partial charge in [-0.05, 0) is 76.2 Å². The summed E-state index contributed by atoms with van der Waals surface area (Å²) in [5, 5.41) is 20.0. The molecule has 9 heteroatoms. The van der Waals surface area contributed by atoms with Crippen molar-refractivity contribution < 1.29 is 19.2 Å². The first-order valence-corrected chi connectivity index (χ1v) is 14.9. The van der Waals surface area contributed by atoms with Gasteiger partial charge in [0.1, 0.15) is 6.26 Å². The Morgan fingerprint density at radius 3 is 2.41 bits per heavy atom. The molecule has 0 aliphatic carbocycles. The Balaban J connectivity index is 1.58. The van der Waals surface area contributed by atoms with Gasteiger partial charge in [0.05, 0.1) is 12.6 Å². The van der Waals surface area contributed by atoms with E-state index in [0.29, 0.717) is 15.6 Å². The number of carboxylic acids is 1. The third-order valence-electron chi connectivity index (χ3n) is 7.20. The average Bonchev–Trinajstić information content (AvgIpc) is 3.64. The van der Waals surface area contributed by atoms with Crippen LogP contribution in [0.3, 0.4) is 0 Å². The first-order valence-electron chi connectivity index (χ1n) is 13.3. The fourth-order valence-corrected chi connectivity index (χ4v) is 6.79. The van der Waals surface area contributed by atoms with Gasteiger partial charge in [-0.2, -0.15) is 0 Å². The van der Waals surface area contributed by atoms with Gasteiger partial charge in [-0.1, -0.05) is 66.0 Å². The molecule has 210 valence electrons. The predicted molar refractivity (Wildman–Crippen MR) is 164 cm³/mol. The van der Waals surface area contributed by atoms with Crippen molar-refractivity contribution in [3.63, 3.8) is 0 Å². The molecule has 6 nitrogen and oxygen atoms in total. The molecule has 41 heavy (non-hydrogen) atoms. The van der Waals surface area contributed by atoms with Crippen LogP contribution in [0.5, 0.6) is 0 Å². The van der Waals surface area contributed by atoms with Crippen LogP contribution in [0.4, 0.5) is 0 Å². The second kappa shape index (κ2) is 12.9. The molecule has 0 spiro atoms. The van der Waals surface area contributed by atoms with E-state index >= 15 is 0 Å². The van der Waals surface area contributed by atoms with Gasteiger partial charge in [0.25, 0.3) is 5.91 Å². The van der Waals surface area contributed by atoms with Crippen LogP contribution >= 0.6 is 34.5 Å². The van der Waals surface area contributed by atoms with Gasteiger partial charge in [-0.15, -0.1) is 11.3 Å². The third-order valence-corrected chi connectivity index (χ3v) is 8.72. The Morgan fingerprint density at radius 1 is 1.02 bits per heavy atom. The number of hydrogen-bond acceptors (Lipinski definition) is 5. The number of aromatic nitrogens is 1. The highest BCUT2D eigenvalue weighted by atomic mass is 35.5. The minimum atomic E-state index is -0.952. The number of amides is 1. The molecule has 0 radical (unpaired) electrons. The van der Waals surface area contributed by atoms with Crippen molar-refractivity contribution in [3.8, 4) is 11.1 Å². The molecule has 2 unspecified atom stereocenters. The molecule has 5 aromatic rings. The number of carbonyl (C=O) groups excluding carboxylic acids is 1. The molecule has 0 bridgehead atoms. The quantitative estimate of drug-likeness (QED) is 0.157. The molecule has 3 aromatic carbocycles. The standard InChI is InChI=1S/C32H28Cl2N2O4S/c1-2-3-25(19-4-6-21(7-5-19)32(39)35-13-12-29(37)38)30(20-8-10-23(33)11-9-20)28-18-41-31-26(22-16-36-40-17-22)14-24(34)15-27(28)31/h4-11,14-18,25,30H,2-3,12-13H2,1H3,(H,35,39)(H,37,38). The number of fused-ring (bicyclic) bond motifs is 1. The Labute approximate surface area is 251 Å². The van der Waals surface area contributed by atoms with Crippen molar-refractivity contribution in [1.82, 2.24) is 10.5 Å². The number of carbonyl (C=O) groups is 2. The summed E-state index contributed by atoms with van der Waals surface area (Å²) in [6.45, 7) is 2.25. The molecule has 0 aliphatic heterocycles. The van der Waals surface area contributed by atoms with E-state index in [2.05, 4.69) is 34.9 Å². The number of thiophene rings is 1. The van der Waals surface area contributed by atoms with E-state index < -0.39 is 5.97 Å². The lowest BCUT2D eigenvalue weighted by molar-refractivity contribution is -0.136. The SMILES string of the molecule is CCCC(c1ccc(C(=O)NCCC(=O)O)cc1)C(c1ccc(Cl)cc1)c1csc2c(-c3cnoc3)cc(Cl)cc12. The lowest BCUT2D eigenvalue weighted by atomic mass is 9.75. The van der Waals surface area contributed by atoms with Crippen LogP contribution in [-0.2, 0) is 4.79 Å². The van der Waals surface area contributed by atoms with Crippen molar-refractivity contribution in [2.24, 2.45) is 0 Å². The van der Waals surface area contributed by atoms with Crippen LogP contribution in [0.1, 0.15) is 65.1 Å². The Morgan fingerprint density at radius 2 is 1.76 bits per heavy atom. The summed E-state index contributed by atoms with van der Waals surface area (Å²) >= 11 is 14.6. The minimum Gasteiger partial charge on any atom is -0.481 e. The zero-order valence-corrected chi connectivity index (χ0v) is 24.6. The fourth-order valence-electron chi connectivity index (χ4n) is 5.32. The third kappa shape index (κ3) is 6.48. The summed E-state index contributed by atoms with van der Waals surface area (Å²) in [4.78, 5) is 23.4. The van der Waals surface area contributed by atoms with Gasteiger partial charge in [0.15, 0.2) is 0 Å². The van der Waals surface area contributed by atoms with Crippen molar-refractivity contribution in [2.75, 3.05) is 6.54 Å². The molecule has 2 heterocycles. The number of nitrogens with zero attached hydrogens (tertiary/aromatic N) is 1. The maximum Gasteiger partial charge on any atom is 0.305 e. The molecule has 0 saturated carbocycles. The zero-order valence-electron chi connectivity index (χ0n) is 22.3. The van der Waals surface area contributed by atoms with E-state index in [1.165, 1.54) is 5.56 Å². The number of aliphatic carboxylic acids is 1. The summed E-state index contributed by atoms with van der Waals surface area (Å²) in [5.74, 6) is -1.16. The predicted octanol–water partition coefficient (Wildman–Crippen LogP) is 8.78. The zero-order chi connectivity index (χ0) is 28.9. The number of benzene rings is 3. The summed E-state index contributed by atoms with van der Waals surface area (Å²) in [5.41, 5.74) is 5.75. The van der Waals surface area contributed by atoms with Gasteiger partial charge in [-0.25, -0.2) is 0 Å². The van der Waals surface area contributed by atoms with Crippen LogP contribution in [0, 0.1) is 0 Å². The van der Waals surface area contributed by atoms with Crippen LogP contribution in [0.15, 0.2) is 83.0 Å². The van der Waals surface area contributed by atoms with Gasteiger partial charge < -0.3 is 14.9 Å². The van der Waals surface area contributed by atoms with Gasteiger partial charge in [0, 0.05) is 43.9 Å². The summed E-state index contributed by atoms with van der Waals surface area (Å²) in [7, 11) is 0. The maximum absolute atomic E-state index is 12.6. The molecular weight excluding hydrogens is 579 g/mol. The minimum absolute atomic E-state index is 0.00926. The van der Waals surface area contributed by atoms with E-state index in [1.54, 1.807) is 35.9 Å². The summed E-state index contributed by atoms with van der Waals surface area (Å²) in [6.07, 6.45) is 5.07. The normalized spacial score (nSPS) is 12.8. The van der Waals surface area contributed by atoms with E-state index in [4.69, 9.17) is 32.8 Å². The first-order chi connectivity index (χ1) is 19.9. The second-order valence-electron chi connectivity index (χ2n) is 9.88. The molecule has 2 N–H and O–H groups in total. The van der Waals surface area contributed by atoms with E-state index in [-0.39, 0.29) is 30.7 Å². The Kier molecular flexibility index (Phi) is 9.08. The van der Waals surface area contributed by atoms with E-state index in [9.17, 15) is 9.59 Å². The molecule has 2 aromatic heterocycles. The number of hydrogen-bond donors (Lipinski definition) is 2. The van der Waals surface area contributed by atoms with Gasteiger partial charge in [-0.3, -0.25) is 9.59 Å². The van der Waals surface area contributed by atoms with Crippen LogP contribution in [0.25, 0.3) is 21.2 Å². The summed E-state index contributed by atoms with van der Waals surface area (Å²) < 4.78 is 6.23. The smallest absolute Gasteiger partial charge is 0.305 e. The molecule has 1 amide bonds. The molecule has 2 atom stereocenters. The van der Waals surface area contributed by atoms with Crippen molar-refractivity contribution in [3.05, 3.63) is 111 Å².